The van der Waals surface area contributed by atoms with E-state index in [1.54, 1.807) is 0 Å². The predicted molar refractivity (Wildman–Crippen MR) is 51.3 cm³/mol. The molecule has 1 aromatic carbocycles. The van der Waals surface area contributed by atoms with E-state index in [4.69, 9.17) is 5.84 Å². The highest BCUT2D eigenvalue weighted by Crippen LogP contribution is 2.18. The van der Waals surface area contributed by atoms with Gasteiger partial charge in [-0.15, -0.1) is 0 Å². The van der Waals surface area contributed by atoms with E-state index in [0.717, 1.165) is 16.6 Å². The second-order valence-corrected chi connectivity index (χ2v) is 3.26. The third-order valence-electron chi connectivity index (χ3n) is 1.53. The number of anilines is 1. The van der Waals surface area contributed by atoms with Crippen molar-refractivity contribution in [2.24, 2.45) is 5.84 Å². The van der Waals surface area contributed by atoms with Crippen LogP contribution in [-0.2, 0) is 6.42 Å². The Bertz CT molecular complexity index is 226. The van der Waals surface area contributed by atoms with Gasteiger partial charge in [0.15, 0.2) is 0 Å². The van der Waals surface area contributed by atoms with Gasteiger partial charge in [-0.25, -0.2) is 0 Å². The normalized spacial score (nSPS) is 9.73. The molecule has 0 heterocycles. The first-order valence-corrected chi connectivity index (χ1v) is 4.31. The largest absolute Gasteiger partial charge is 0.324 e. The Morgan fingerprint density at radius 2 is 2.18 bits per heavy atom. The molecule has 0 saturated heterocycles. The summed E-state index contributed by atoms with van der Waals surface area (Å²) >= 11 is 3.40. The lowest BCUT2D eigenvalue weighted by Crippen LogP contribution is -2.06. The molecular weight excluding hydrogens is 204 g/mol. The van der Waals surface area contributed by atoms with Crippen LogP contribution in [0.1, 0.15) is 12.5 Å². The van der Waals surface area contributed by atoms with Crippen LogP contribution in [0.3, 0.4) is 0 Å². The first-order valence-electron chi connectivity index (χ1n) is 3.52. The van der Waals surface area contributed by atoms with E-state index in [-0.39, 0.29) is 0 Å². The molecule has 0 radical (unpaired) electrons. The van der Waals surface area contributed by atoms with Gasteiger partial charge in [-0.2, -0.15) is 0 Å². The summed E-state index contributed by atoms with van der Waals surface area (Å²) in [7, 11) is 0. The smallest absolute Gasteiger partial charge is 0.0499 e. The van der Waals surface area contributed by atoms with Gasteiger partial charge in [0.05, 0.1) is 0 Å². The molecule has 1 aromatic rings. The summed E-state index contributed by atoms with van der Waals surface area (Å²) < 4.78 is 1.06. The Morgan fingerprint density at radius 3 is 2.73 bits per heavy atom. The van der Waals surface area contributed by atoms with Gasteiger partial charge in [0.2, 0.25) is 0 Å². The summed E-state index contributed by atoms with van der Waals surface area (Å²) in [4.78, 5) is 0. The van der Waals surface area contributed by atoms with Gasteiger partial charge in [-0.05, 0) is 30.2 Å². The lowest BCUT2D eigenvalue weighted by atomic mass is 10.1. The molecule has 0 amide bonds. The number of benzene rings is 1. The lowest BCUT2D eigenvalue weighted by molar-refractivity contribution is 1.13. The van der Waals surface area contributed by atoms with Crippen LogP contribution in [0.2, 0.25) is 0 Å². The van der Waals surface area contributed by atoms with Gasteiger partial charge in [-0.1, -0.05) is 22.9 Å². The van der Waals surface area contributed by atoms with Crippen LogP contribution in [0.25, 0.3) is 0 Å². The average Bonchev–Trinajstić information content (AvgIpc) is 2.03. The third-order valence-corrected chi connectivity index (χ3v) is 1.99. The Morgan fingerprint density at radius 1 is 1.45 bits per heavy atom. The van der Waals surface area contributed by atoms with Crippen LogP contribution in [0, 0.1) is 0 Å². The molecule has 0 aliphatic rings. The standard InChI is InChI=1S/C8H11BrN2/c1-2-6-3-7(9)5-8(4-6)11-10/h3-5,11H,2,10H2,1H3. The van der Waals surface area contributed by atoms with E-state index in [2.05, 4.69) is 34.3 Å². The molecule has 0 bridgehead atoms. The van der Waals surface area contributed by atoms with Crippen LogP contribution in [0.15, 0.2) is 22.7 Å². The van der Waals surface area contributed by atoms with Crippen LogP contribution in [0.4, 0.5) is 5.69 Å². The van der Waals surface area contributed by atoms with Crippen molar-refractivity contribution in [1.29, 1.82) is 0 Å². The van der Waals surface area contributed by atoms with E-state index in [0.29, 0.717) is 0 Å². The molecule has 3 N–H and O–H groups in total. The second-order valence-electron chi connectivity index (χ2n) is 2.35. The third kappa shape index (κ3) is 2.20. The van der Waals surface area contributed by atoms with E-state index < -0.39 is 0 Å². The second kappa shape index (κ2) is 3.74. The molecule has 0 aliphatic carbocycles. The quantitative estimate of drug-likeness (QED) is 0.586. The Labute approximate surface area is 74.9 Å². The number of hydrazine groups is 1. The molecule has 3 heteroatoms. The number of aryl methyl sites for hydroxylation is 1. The lowest BCUT2D eigenvalue weighted by Gasteiger charge is -2.03. The summed E-state index contributed by atoms with van der Waals surface area (Å²) in [5.74, 6) is 5.27. The summed E-state index contributed by atoms with van der Waals surface area (Å²) in [5, 5.41) is 0. The SMILES string of the molecule is CCc1cc(Br)cc(NN)c1. The fraction of sp³-hybridized carbons (Fsp3) is 0.250. The Kier molecular flexibility index (Phi) is 2.91. The van der Waals surface area contributed by atoms with Gasteiger partial charge in [0.25, 0.3) is 0 Å². The molecule has 0 atom stereocenters. The fourth-order valence-electron chi connectivity index (χ4n) is 0.938. The van der Waals surface area contributed by atoms with Crippen molar-refractivity contribution in [2.45, 2.75) is 13.3 Å². The monoisotopic (exact) mass is 214 g/mol. The summed E-state index contributed by atoms with van der Waals surface area (Å²) in [6.07, 6.45) is 1.02. The molecule has 2 nitrogen and oxygen atoms in total. The first kappa shape index (κ1) is 8.56. The maximum Gasteiger partial charge on any atom is 0.0499 e. The average molecular weight is 215 g/mol. The highest BCUT2D eigenvalue weighted by Gasteiger charge is 1.95. The zero-order valence-electron chi connectivity index (χ0n) is 6.39. The summed E-state index contributed by atoms with van der Waals surface area (Å²) in [6.45, 7) is 2.11. The number of nitrogens with two attached hydrogens (primary N) is 1. The van der Waals surface area contributed by atoms with Crippen LogP contribution < -0.4 is 11.3 Å². The number of rotatable bonds is 2. The van der Waals surface area contributed by atoms with Crippen molar-refractivity contribution in [2.75, 3.05) is 5.43 Å². The molecule has 60 valence electrons. The highest BCUT2D eigenvalue weighted by molar-refractivity contribution is 9.10. The molecule has 0 spiro atoms. The van der Waals surface area contributed by atoms with Crippen LogP contribution >= 0.6 is 15.9 Å². The van der Waals surface area contributed by atoms with Crippen LogP contribution in [0.5, 0.6) is 0 Å². The number of hydrogen-bond acceptors (Lipinski definition) is 2. The minimum absolute atomic E-state index is 0.941. The predicted octanol–water partition coefficient (Wildman–Crippen LogP) is 2.30. The topological polar surface area (TPSA) is 38.0 Å². The van der Waals surface area contributed by atoms with Gasteiger partial charge in [-0.3, -0.25) is 5.84 Å². The van der Waals surface area contributed by atoms with E-state index in [9.17, 15) is 0 Å². The highest BCUT2D eigenvalue weighted by atomic mass is 79.9. The van der Waals surface area contributed by atoms with Crippen molar-refractivity contribution in [1.82, 2.24) is 0 Å². The van der Waals surface area contributed by atoms with Crippen LogP contribution in [-0.4, -0.2) is 0 Å². The maximum absolute atomic E-state index is 5.27. The Hall–Kier alpha value is -0.540. The maximum atomic E-state index is 5.27. The zero-order valence-corrected chi connectivity index (χ0v) is 7.98. The number of nitrogens with one attached hydrogen (secondary N) is 1. The van der Waals surface area contributed by atoms with Crippen molar-refractivity contribution in [3.05, 3.63) is 28.2 Å². The Balaban J connectivity index is 3.02. The van der Waals surface area contributed by atoms with E-state index in [1.807, 2.05) is 12.1 Å². The number of nitrogen functional groups attached to an aromatic ring is 1. The molecular formula is C8H11BrN2. The molecule has 0 aliphatic heterocycles. The molecule has 0 unspecified atom stereocenters. The molecule has 1 rings (SSSR count). The van der Waals surface area contributed by atoms with Gasteiger partial charge in [0.1, 0.15) is 0 Å². The van der Waals surface area contributed by atoms with E-state index in [1.165, 1.54) is 5.56 Å². The first-order chi connectivity index (χ1) is 5.26. The zero-order chi connectivity index (χ0) is 8.27. The van der Waals surface area contributed by atoms with Gasteiger partial charge >= 0.3 is 0 Å². The van der Waals surface area contributed by atoms with Gasteiger partial charge in [0, 0.05) is 10.2 Å². The van der Waals surface area contributed by atoms with Crippen molar-refractivity contribution < 1.29 is 0 Å². The summed E-state index contributed by atoms with van der Waals surface area (Å²) in [6, 6.07) is 6.06. The minimum atomic E-state index is 0.941. The molecule has 0 aromatic heterocycles. The minimum Gasteiger partial charge on any atom is -0.324 e. The molecule has 11 heavy (non-hydrogen) atoms. The number of halogens is 1. The van der Waals surface area contributed by atoms with Gasteiger partial charge < -0.3 is 5.43 Å². The van der Waals surface area contributed by atoms with Crippen molar-refractivity contribution in [3.8, 4) is 0 Å². The number of hydrogen-bond donors (Lipinski definition) is 2. The summed E-state index contributed by atoms with van der Waals surface area (Å²) in [5.41, 5.74) is 4.82. The van der Waals surface area contributed by atoms with Crippen molar-refractivity contribution >= 4 is 21.6 Å². The fourth-order valence-corrected chi connectivity index (χ4v) is 1.48. The van der Waals surface area contributed by atoms with Crippen molar-refractivity contribution in [3.63, 3.8) is 0 Å². The van der Waals surface area contributed by atoms with E-state index >= 15 is 0 Å². The molecule has 0 saturated carbocycles. The molecule has 0 fully saturated rings.